The lowest BCUT2D eigenvalue weighted by atomic mass is 9.85. The molecule has 16 nitrogen and oxygen atoms in total. The van der Waals surface area contributed by atoms with Gasteiger partial charge in [0.25, 0.3) is 5.91 Å². The van der Waals surface area contributed by atoms with Crippen LogP contribution in [0, 0.1) is 12.3 Å². The molecule has 0 aliphatic carbocycles. The maximum absolute atomic E-state index is 14.0. The molecule has 0 radical (unpaired) electrons. The molecule has 0 spiro atoms. The lowest BCUT2D eigenvalue weighted by Gasteiger charge is -2.35. The molecule has 328 valence electrons. The van der Waals surface area contributed by atoms with Crippen molar-refractivity contribution in [2.75, 3.05) is 36.9 Å². The largest absolute Gasteiger partial charge is 0.487 e. The van der Waals surface area contributed by atoms with Gasteiger partial charge in [0.1, 0.15) is 30.3 Å². The van der Waals surface area contributed by atoms with Gasteiger partial charge in [0.05, 0.1) is 40.0 Å². The van der Waals surface area contributed by atoms with Gasteiger partial charge in [0, 0.05) is 61.3 Å². The molecule has 5 aromatic rings. The monoisotopic (exact) mass is 893 g/mol. The Morgan fingerprint density at radius 3 is 2.45 bits per heavy atom. The van der Waals surface area contributed by atoms with Crippen molar-refractivity contribution in [2.45, 2.75) is 64.4 Å². The number of aliphatic hydroxyl groups excluding tert-OH is 1. The van der Waals surface area contributed by atoms with Crippen molar-refractivity contribution < 1.29 is 42.5 Å². The Balaban J connectivity index is 0.998. The number of aromatic nitrogens is 4. The minimum Gasteiger partial charge on any atom is -0.420 e. The van der Waals surface area contributed by atoms with Crippen LogP contribution in [0.2, 0.25) is 0 Å². The zero-order valence-corrected chi connectivity index (χ0v) is 35.8. The number of rotatable bonds is 17. The van der Waals surface area contributed by atoms with E-state index in [0.29, 0.717) is 22.8 Å². The Kier molecular flexibility index (Phi) is 14.5. The van der Waals surface area contributed by atoms with Gasteiger partial charge in [-0.2, -0.15) is 5.10 Å². The SMILES string of the molecule is Cc1ncsc1-c1ccc(CNC(=O)[C@@H]2C[C@@H](O)CN2C(=O)[C@@H](NC(=O)COCCNc2ncc(C(=O)Nc3ccc(OC(F)(F)Cl)cc3)cc2-c2ccn[nH]2)C(C)(C)C)cc1. The number of nitrogens with zero attached hydrogens (tertiary/aromatic N) is 4. The van der Waals surface area contributed by atoms with Gasteiger partial charge in [0.15, 0.2) is 0 Å². The number of thiazole rings is 1. The maximum Gasteiger partial charge on any atom is 0.487 e. The molecule has 3 aromatic heterocycles. The fourth-order valence-corrected chi connectivity index (χ4v) is 7.57. The van der Waals surface area contributed by atoms with E-state index in [4.69, 9.17) is 16.3 Å². The van der Waals surface area contributed by atoms with Crippen LogP contribution in [0.3, 0.4) is 0 Å². The molecule has 1 aliphatic heterocycles. The molecule has 4 heterocycles. The van der Waals surface area contributed by atoms with E-state index >= 15 is 0 Å². The van der Waals surface area contributed by atoms with Gasteiger partial charge in [-0.25, -0.2) is 9.97 Å². The van der Waals surface area contributed by atoms with E-state index in [0.717, 1.165) is 21.7 Å². The van der Waals surface area contributed by atoms with Crippen LogP contribution in [0.15, 0.2) is 78.6 Å². The van der Waals surface area contributed by atoms with E-state index in [1.54, 1.807) is 49.8 Å². The van der Waals surface area contributed by atoms with Crippen molar-refractivity contribution in [3.63, 3.8) is 0 Å². The normalized spacial score (nSPS) is 15.8. The highest BCUT2D eigenvalue weighted by molar-refractivity contribution is 7.13. The van der Waals surface area contributed by atoms with Crippen molar-refractivity contribution in [1.82, 2.24) is 35.7 Å². The molecule has 1 saturated heterocycles. The topological polar surface area (TPSA) is 213 Å². The Bertz CT molecular complexity index is 2340. The minimum atomic E-state index is -3.88. The van der Waals surface area contributed by atoms with E-state index in [-0.39, 0.29) is 50.6 Å². The molecule has 20 heteroatoms. The molecule has 62 heavy (non-hydrogen) atoms. The van der Waals surface area contributed by atoms with Crippen LogP contribution in [-0.4, -0.2) is 104 Å². The van der Waals surface area contributed by atoms with Crippen LogP contribution >= 0.6 is 22.9 Å². The number of ether oxygens (including phenoxy) is 2. The second-order valence-corrected chi connectivity index (χ2v) is 16.8. The number of anilines is 2. The predicted molar refractivity (Wildman–Crippen MR) is 229 cm³/mol. The second-order valence-electron chi connectivity index (χ2n) is 15.5. The molecule has 6 N–H and O–H groups in total. The number of pyridine rings is 1. The van der Waals surface area contributed by atoms with Crippen molar-refractivity contribution in [3.8, 4) is 27.4 Å². The number of carbonyl (C=O) groups excluding carboxylic acids is 4. The Morgan fingerprint density at radius 1 is 1.06 bits per heavy atom. The van der Waals surface area contributed by atoms with Gasteiger partial charge in [0.2, 0.25) is 17.7 Å². The van der Waals surface area contributed by atoms with Crippen LogP contribution in [-0.2, 0) is 25.7 Å². The standard InChI is InChI=1S/C42H46ClF2N9O7S/c1-24-35(62-23-49-24)26-7-5-25(6-8-26)19-48-39(58)33-18-29(55)21-54(33)40(59)36(41(2,3)4)52-34(56)22-60-16-15-46-37-31(32-13-14-50-53-32)17-27(20-47-37)38(57)51-28-9-11-30(12-10-28)61-42(43,44)45/h5-14,17,20,23,29,33,36,55H,15-16,18-19,21-22H2,1-4H3,(H,46,47)(H,48,58)(H,50,53)(H,51,57)(H,52,56)/t29-,33+,36-/m1/s1. The predicted octanol–water partition coefficient (Wildman–Crippen LogP) is 5.56. The number of halogens is 3. The first kappa shape index (κ1) is 45.5. The van der Waals surface area contributed by atoms with Crippen molar-refractivity contribution in [1.29, 1.82) is 0 Å². The minimum absolute atomic E-state index is 0.0530. The first-order valence-electron chi connectivity index (χ1n) is 19.5. The van der Waals surface area contributed by atoms with E-state index in [1.807, 2.05) is 31.2 Å². The summed E-state index contributed by atoms with van der Waals surface area (Å²) in [5.74, 6) is -1.79. The number of amides is 4. The Morgan fingerprint density at radius 2 is 1.81 bits per heavy atom. The smallest absolute Gasteiger partial charge is 0.420 e. The average Bonchev–Trinajstić information content (AvgIpc) is 4.01. The van der Waals surface area contributed by atoms with Crippen molar-refractivity contribution in [3.05, 3.63) is 95.4 Å². The number of aliphatic hydroxyl groups is 1. The Labute approximate surface area is 364 Å². The summed E-state index contributed by atoms with van der Waals surface area (Å²) in [5, 5.41) is 28.9. The number of nitrogens with one attached hydrogen (secondary N) is 5. The number of aryl methyl sites for hydroxylation is 1. The van der Waals surface area contributed by atoms with E-state index < -0.39 is 52.8 Å². The highest BCUT2D eigenvalue weighted by Gasteiger charge is 2.44. The summed E-state index contributed by atoms with van der Waals surface area (Å²) in [5.41, 5.74) is 1.54. The van der Waals surface area contributed by atoms with E-state index in [1.165, 1.54) is 41.6 Å². The van der Waals surface area contributed by atoms with Crippen LogP contribution in [0.4, 0.5) is 20.3 Å². The number of likely N-dealkylation sites (tertiary alicyclic amines) is 1. The average molecular weight is 894 g/mol. The first-order chi connectivity index (χ1) is 29.4. The van der Waals surface area contributed by atoms with Gasteiger partial charge in [-0.05, 0) is 59.9 Å². The number of aromatic amines is 1. The summed E-state index contributed by atoms with van der Waals surface area (Å²) in [6, 6.07) is 14.3. The van der Waals surface area contributed by atoms with Gasteiger partial charge < -0.3 is 40.7 Å². The number of alkyl halides is 3. The molecule has 1 fully saturated rings. The molecule has 0 bridgehead atoms. The van der Waals surface area contributed by atoms with E-state index in [9.17, 15) is 33.1 Å². The molecule has 1 aliphatic rings. The fraction of sp³-hybridized carbons (Fsp3) is 0.357. The maximum atomic E-state index is 14.0. The number of hydrogen-bond acceptors (Lipinski definition) is 12. The zero-order chi connectivity index (χ0) is 44.6. The third kappa shape index (κ3) is 12.1. The third-order valence-electron chi connectivity index (χ3n) is 9.77. The number of hydrogen-bond donors (Lipinski definition) is 6. The summed E-state index contributed by atoms with van der Waals surface area (Å²) in [4.78, 5) is 64.8. The lowest BCUT2D eigenvalue weighted by Crippen LogP contribution is -2.58. The molecule has 0 saturated carbocycles. The lowest BCUT2D eigenvalue weighted by molar-refractivity contribution is -0.144. The van der Waals surface area contributed by atoms with Crippen LogP contribution in [0.5, 0.6) is 5.75 Å². The quantitative estimate of drug-likeness (QED) is 0.0503. The number of β-amino-alcohol motifs (C(OH)–C–C–N with tert-alkyl or cyclic N) is 1. The molecule has 3 atom stereocenters. The molecule has 2 aromatic carbocycles. The van der Waals surface area contributed by atoms with Gasteiger partial charge >= 0.3 is 5.57 Å². The second kappa shape index (κ2) is 19.8. The highest BCUT2D eigenvalue weighted by Crippen LogP contribution is 2.30. The third-order valence-corrected chi connectivity index (χ3v) is 10.8. The number of benzene rings is 2. The molecule has 0 unspecified atom stereocenters. The first-order valence-corrected chi connectivity index (χ1v) is 20.7. The molecule has 6 rings (SSSR count). The van der Waals surface area contributed by atoms with Gasteiger partial charge in [-0.15, -0.1) is 20.1 Å². The molecule has 4 amide bonds. The number of H-pyrrole nitrogens is 1. The van der Waals surface area contributed by atoms with Gasteiger partial charge in [-0.1, -0.05) is 45.0 Å². The summed E-state index contributed by atoms with van der Waals surface area (Å²) >= 11 is 6.36. The zero-order valence-electron chi connectivity index (χ0n) is 34.2. The molecular formula is C42H46ClF2N9O7S. The molecular weight excluding hydrogens is 848 g/mol. The van der Waals surface area contributed by atoms with Crippen molar-refractivity contribution in [2.24, 2.45) is 5.41 Å². The summed E-state index contributed by atoms with van der Waals surface area (Å²) in [6.07, 6.45) is 2.02. The summed E-state index contributed by atoms with van der Waals surface area (Å²) in [7, 11) is 0. The fourth-order valence-electron chi connectivity index (χ4n) is 6.67. The number of carbonyl (C=O) groups is 4. The van der Waals surface area contributed by atoms with Crippen molar-refractivity contribution >= 4 is 58.1 Å². The van der Waals surface area contributed by atoms with Gasteiger partial charge in [-0.3, -0.25) is 24.3 Å². The summed E-state index contributed by atoms with van der Waals surface area (Å²) in [6.45, 7) is 7.36. The van der Waals surface area contributed by atoms with Crippen LogP contribution in [0.25, 0.3) is 21.7 Å². The Hall–Kier alpha value is -6.02. The summed E-state index contributed by atoms with van der Waals surface area (Å²) < 4.78 is 35.8. The van der Waals surface area contributed by atoms with E-state index in [2.05, 4.69) is 46.2 Å². The van der Waals surface area contributed by atoms with Crippen LogP contribution in [0.1, 0.15) is 48.8 Å². The highest BCUT2D eigenvalue weighted by atomic mass is 35.5. The van der Waals surface area contributed by atoms with Crippen LogP contribution < -0.4 is 26.0 Å².